The van der Waals surface area contributed by atoms with E-state index in [-0.39, 0.29) is 12.6 Å². The van der Waals surface area contributed by atoms with Gasteiger partial charge in [0, 0.05) is 28.8 Å². The van der Waals surface area contributed by atoms with Crippen LogP contribution in [0.25, 0.3) is 16.6 Å². The van der Waals surface area contributed by atoms with Crippen LogP contribution in [0.15, 0.2) is 67.4 Å². The number of aromatic nitrogens is 4. The van der Waals surface area contributed by atoms with Crippen molar-refractivity contribution in [3.63, 3.8) is 0 Å². The average Bonchev–Trinajstić information content (AvgIpc) is 3.52. The van der Waals surface area contributed by atoms with Gasteiger partial charge in [-0.3, -0.25) is 4.57 Å². The second kappa shape index (κ2) is 9.67. The third-order valence-corrected chi connectivity index (χ3v) is 6.96. The van der Waals surface area contributed by atoms with Crippen LogP contribution < -0.4 is 5.32 Å². The Hall–Kier alpha value is -2.96. The number of benzene rings is 2. The van der Waals surface area contributed by atoms with Crippen molar-refractivity contribution >= 4 is 10.9 Å². The maximum absolute atomic E-state index is 9.84. The summed E-state index contributed by atoms with van der Waals surface area (Å²) < 4.78 is 1.94. The molecule has 5 rings (SSSR count). The number of aryl methyl sites for hydroxylation is 1. The molecule has 6 heteroatoms. The van der Waals surface area contributed by atoms with E-state index in [0.29, 0.717) is 6.04 Å². The summed E-state index contributed by atoms with van der Waals surface area (Å²) >= 11 is 0. The number of aliphatic hydroxyl groups is 1. The normalized spacial score (nSPS) is 19.9. The van der Waals surface area contributed by atoms with Crippen LogP contribution in [0, 0.1) is 5.92 Å². The van der Waals surface area contributed by atoms with E-state index in [1.165, 1.54) is 54.1 Å². The maximum Gasteiger partial charge on any atom is 0.123 e. The molecule has 2 heterocycles. The van der Waals surface area contributed by atoms with Gasteiger partial charge in [0.2, 0.25) is 0 Å². The molecule has 1 aliphatic rings. The van der Waals surface area contributed by atoms with E-state index in [1.807, 2.05) is 22.8 Å². The van der Waals surface area contributed by atoms with Gasteiger partial charge in [0.15, 0.2) is 0 Å². The molecule has 1 saturated carbocycles. The van der Waals surface area contributed by atoms with E-state index >= 15 is 0 Å². The Balaban J connectivity index is 1.16. The molecule has 2 aromatic heterocycles. The third kappa shape index (κ3) is 4.61. The number of nitrogens with one attached hydrogen (secondary N) is 2. The Bertz CT molecular complexity index is 1110. The lowest BCUT2D eigenvalue weighted by molar-refractivity contribution is 0.205. The number of nitrogens with zero attached hydrogens (tertiary/aromatic N) is 3. The van der Waals surface area contributed by atoms with Gasteiger partial charge in [-0.2, -0.15) is 0 Å². The Morgan fingerprint density at radius 3 is 2.56 bits per heavy atom. The molecule has 0 saturated heterocycles. The number of aromatic amines is 1. The Kier molecular flexibility index (Phi) is 6.32. The van der Waals surface area contributed by atoms with Crippen LogP contribution in [0.5, 0.6) is 0 Å². The molecule has 3 N–H and O–H groups in total. The first-order valence-corrected chi connectivity index (χ1v) is 11.7. The summed E-state index contributed by atoms with van der Waals surface area (Å²) in [7, 11) is 0. The van der Waals surface area contributed by atoms with Crippen molar-refractivity contribution in [2.24, 2.45) is 5.92 Å². The molecular weight excluding hydrogens is 398 g/mol. The molecule has 1 atom stereocenters. The lowest BCUT2D eigenvalue weighted by Gasteiger charge is -2.32. The fourth-order valence-electron chi connectivity index (χ4n) is 5.07. The lowest BCUT2D eigenvalue weighted by Crippen LogP contribution is -2.37. The van der Waals surface area contributed by atoms with E-state index in [0.717, 1.165) is 18.0 Å². The SMILES string of the molecule is OC[C@@H](N[C@H]1CC[C@H](CCc2c[nH]c3ccc(-n4cnnc4)cc23)CC1)c1ccccc1. The molecule has 0 spiro atoms. The summed E-state index contributed by atoms with van der Waals surface area (Å²) in [6.07, 6.45) is 12.8. The van der Waals surface area contributed by atoms with Gasteiger partial charge in [0.25, 0.3) is 0 Å². The maximum atomic E-state index is 9.84. The molecule has 4 aromatic rings. The summed E-state index contributed by atoms with van der Waals surface area (Å²) in [4.78, 5) is 3.42. The van der Waals surface area contributed by atoms with Crippen LogP contribution in [0.4, 0.5) is 0 Å². The molecule has 1 aliphatic carbocycles. The van der Waals surface area contributed by atoms with Crippen LogP contribution in [-0.4, -0.2) is 37.5 Å². The van der Waals surface area contributed by atoms with Crippen molar-refractivity contribution in [3.8, 4) is 5.69 Å². The molecule has 1 fully saturated rings. The minimum absolute atomic E-state index is 0.0314. The summed E-state index contributed by atoms with van der Waals surface area (Å²) in [5.74, 6) is 0.767. The second-order valence-electron chi connectivity index (χ2n) is 8.98. The van der Waals surface area contributed by atoms with Crippen LogP contribution in [0.1, 0.15) is 49.3 Å². The Morgan fingerprint density at radius 2 is 1.81 bits per heavy atom. The first-order chi connectivity index (χ1) is 15.8. The summed E-state index contributed by atoms with van der Waals surface area (Å²) in [5, 5.41) is 22.7. The molecule has 0 unspecified atom stereocenters. The highest BCUT2D eigenvalue weighted by molar-refractivity contribution is 5.85. The quantitative estimate of drug-likeness (QED) is 0.384. The largest absolute Gasteiger partial charge is 0.394 e. The first kappa shape index (κ1) is 20.9. The molecule has 166 valence electrons. The van der Waals surface area contributed by atoms with E-state index in [9.17, 15) is 5.11 Å². The molecular formula is C26H31N5O. The molecule has 0 bridgehead atoms. The van der Waals surface area contributed by atoms with Crippen LogP contribution in [0.3, 0.4) is 0 Å². The summed E-state index contributed by atoms with van der Waals surface area (Å²) in [6.45, 7) is 0.141. The van der Waals surface area contributed by atoms with E-state index in [2.05, 4.69) is 57.0 Å². The molecule has 0 radical (unpaired) electrons. The molecule has 0 aliphatic heterocycles. The predicted molar refractivity (Wildman–Crippen MR) is 127 cm³/mol. The van der Waals surface area contributed by atoms with Crippen LogP contribution in [0.2, 0.25) is 0 Å². The second-order valence-corrected chi connectivity index (χ2v) is 8.98. The van der Waals surface area contributed by atoms with Gasteiger partial charge in [0.05, 0.1) is 12.6 Å². The first-order valence-electron chi connectivity index (χ1n) is 11.7. The number of fused-ring (bicyclic) bond motifs is 1. The highest BCUT2D eigenvalue weighted by atomic mass is 16.3. The van der Waals surface area contributed by atoms with Gasteiger partial charge in [-0.1, -0.05) is 30.3 Å². The monoisotopic (exact) mass is 429 g/mol. The zero-order valence-electron chi connectivity index (χ0n) is 18.3. The number of rotatable bonds is 8. The lowest BCUT2D eigenvalue weighted by atomic mass is 9.82. The number of aliphatic hydroxyl groups excluding tert-OH is 1. The van der Waals surface area contributed by atoms with Crippen molar-refractivity contribution < 1.29 is 5.11 Å². The van der Waals surface area contributed by atoms with E-state index in [1.54, 1.807) is 12.7 Å². The minimum Gasteiger partial charge on any atom is -0.394 e. The predicted octanol–water partition coefficient (Wildman–Crippen LogP) is 4.56. The number of hydrogen-bond acceptors (Lipinski definition) is 4. The standard InChI is InChI=1S/C26H31N5O/c32-16-26(20-4-2-1-3-5-20)30-22-10-7-19(8-11-22)6-9-21-15-27-25-13-12-23(14-24(21)25)31-17-28-29-18-31/h1-5,12-15,17-19,22,26-27,30,32H,6-11,16H2/t19-,22-,26-/m1/s1. The van der Waals surface area contributed by atoms with Crippen LogP contribution in [-0.2, 0) is 6.42 Å². The van der Waals surface area contributed by atoms with Gasteiger partial charge >= 0.3 is 0 Å². The Morgan fingerprint density at radius 1 is 1.03 bits per heavy atom. The molecule has 32 heavy (non-hydrogen) atoms. The van der Waals surface area contributed by atoms with Crippen molar-refractivity contribution in [2.75, 3.05) is 6.61 Å². The smallest absolute Gasteiger partial charge is 0.123 e. The fraction of sp³-hybridized carbons (Fsp3) is 0.385. The van der Waals surface area contributed by atoms with E-state index in [4.69, 9.17) is 0 Å². The van der Waals surface area contributed by atoms with Gasteiger partial charge in [-0.25, -0.2) is 0 Å². The van der Waals surface area contributed by atoms with Crippen molar-refractivity contribution in [1.29, 1.82) is 0 Å². The van der Waals surface area contributed by atoms with Crippen molar-refractivity contribution in [1.82, 2.24) is 25.1 Å². The number of H-pyrrole nitrogens is 1. The van der Waals surface area contributed by atoms with Gasteiger partial charge in [0.1, 0.15) is 12.7 Å². The fourth-order valence-corrected chi connectivity index (χ4v) is 5.07. The highest BCUT2D eigenvalue weighted by Gasteiger charge is 2.23. The van der Waals surface area contributed by atoms with Crippen LogP contribution >= 0.6 is 0 Å². The highest BCUT2D eigenvalue weighted by Crippen LogP contribution is 2.31. The van der Waals surface area contributed by atoms with Crippen molar-refractivity contribution in [2.45, 2.75) is 50.6 Å². The van der Waals surface area contributed by atoms with Crippen molar-refractivity contribution in [3.05, 3.63) is 78.5 Å². The zero-order valence-corrected chi connectivity index (χ0v) is 18.3. The van der Waals surface area contributed by atoms with Gasteiger partial charge < -0.3 is 15.4 Å². The zero-order chi connectivity index (χ0) is 21.8. The third-order valence-electron chi connectivity index (χ3n) is 6.96. The Labute approximate surface area is 188 Å². The number of hydrogen-bond donors (Lipinski definition) is 3. The topological polar surface area (TPSA) is 78.8 Å². The van der Waals surface area contributed by atoms with E-state index < -0.39 is 0 Å². The minimum atomic E-state index is 0.0314. The molecule has 2 aromatic carbocycles. The average molecular weight is 430 g/mol. The van der Waals surface area contributed by atoms with Gasteiger partial charge in [-0.15, -0.1) is 10.2 Å². The summed E-state index contributed by atoms with van der Waals surface area (Å²) in [5.41, 5.74) is 4.83. The van der Waals surface area contributed by atoms with Gasteiger partial charge in [-0.05, 0) is 73.8 Å². The summed E-state index contributed by atoms with van der Waals surface area (Å²) in [6, 6.07) is 17.3. The molecule has 0 amide bonds. The molecule has 6 nitrogen and oxygen atoms in total.